The van der Waals surface area contributed by atoms with Gasteiger partial charge >= 0.3 is 0 Å². The molecule has 0 aliphatic rings. The molecule has 158 valence electrons. The van der Waals surface area contributed by atoms with Gasteiger partial charge in [0, 0.05) is 18.0 Å². The molecule has 0 atom stereocenters. The molecule has 2 N–H and O–H groups in total. The summed E-state index contributed by atoms with van der Waals surface area (Å²) in [7, 11) is -3.04. The van der Waals surface area contributed by atoms with E-state index in [1.807, 2.05) is 69.3 Å². The number of aliphatic imine (C=N–C) groups is 1. The fourth-order valence-electron chi connectivity index (χ4n) is 2.59. The number of benzene rings is 2. The molecule has 0 heterocycles. The Morgan fingerprint density at radius 1 is 1.10 bits per heavy atom. The smallest absolute Gasteiger partial charge is 0.196 e. The van der Waals surface area contributed by atoms with Crippen LogP contribution in [-0.4, -0.2) is 38.5 Å². The third-order valence-electron chi connectivity index (χ3n) is 4.30. The van der Waals surface area contributed by atoms with E-state index in [2.05, 4.69) is 15.6 Å². The number of hydrogen-bond acceptors (Lipinski definition) is 4. The Hall–Kier alpha value is -2.54. The number of rotatable bonds is 9. The van der Waals surface area contributed by atoms with Crippen LogP contribution >= 0.6 is 0 Å². The van der Waals surface area contributed by atoms with Crippen LogP contribution in [0.1, 0.15) is 31.9 Å². The number of guanidine groups is 1. The molecule has 7 heteroatoms. The van der Waals surface area contributed by atoms with E-state index in [9.17, 15) is 8.42 Å². The van der Waals surface area contributed by atoms with E-state index < -0.39 is 9.84 Å². The zero-order valence-electron chi connectivity index (χ0n) is 17.6. The van der Waals surface area contributed by atoms with Gasteiger partial charge < -0.3 is 15.4 Å². The highest BCUT2D eigenvalue weighted by Crippen LogP contribution is 2.17. The van der Waals surface area contributed by atoms with Crippen molar-refractivity contribution >= 4 is 21.5 Å². The van der Waals surface area contributed by atoms with Crippen LogP contribution in [0.25, 0.3) is 0 Å². The van der Waals surface area contributed by atoms with E-state index in [1.54, 1.807) is 6.92 Å². The number of aryl methyl sites for hydroxylation is 1. The van der Waals surface area contributed by atoms with Crippen LogP contribution in [-0.2, 0) is 16.4 Å². The van der Waals surface area contributed by atoms with Crippen molar-refractivity contribution in [3.8, 4) is 5.75 Å². The predicted octanol–water partition coefficient (Wildman–Crippen LogP) is 3.77. The Morgan fingerprint density at radius 3 is 2.41 bits per heavy atom. The van der Waals surface area contributed by atoms with Gasteiger partial charge in [-0.2, -0.15) is 0 Å². The summed E-state index contributed by atoms with van der Waals surface area (Å²) in [5.74, 6) is 1.54. The van der Waals surface area contributed by atoms with Gasteiger partial charge in [0.25, 0.3) is 0 Å². The van der Waals surface area contributed by atoms with Gasteiger partial charge in [0.05, 0.1) is 18.4 Å². The number of nitrogens with one attached hydrogen (secondary N) is 2. The van der Waals surface area contributed by atoms with Crippen LogP contribution in [0.3, 0.4) is 0 Å². The maximum absolute atomic E-state index is 11.8. The maximum atomic E-state index is 11.8. The molecule has 2 aromatic rings. The van der Waals surface area contributed by atoms with E-state index in [0.717, 1.165) is 17.0 Å². The highest BCUT2D eigenvalue weighted by atomic mass is 32.2. The second-order valence-electron chi connectivity index (χ2n) is 7.07. The van der Waals surface area contributed by atoms with Gasteiger partial charge in [-0.15, -0.1) is 0 Å². The van der Waals surface area contributed by atoms with Crippen LogP contribution in [0.2, 0.25) is 0 Å². The number of anilines is 1. The normalized spacial score (nSPS) is 12.1. The summed E-state index contributed by atoms with van der Waals surface area (Å²) in [6, 6.07) is 15.7. The minimum Gasteiger partial charge on any atom is -0.491 e. The van der Waals surface area contributed by atoms with Crippen molar-refractivity contribution in [1.29, 1.82) is 0 Å². The van der Waals surface area contributed by atoms with Crippen molar-refractivity contribution in [2.24, 2.45) is 4.99 Å². The molecule has 2 rings (SSSR count). The van der Waals surface area contributed by atoms with E-state index in [1.165, 1.54) is 5.56 Å². The standard InChI is InChI=1S/C22H31N3O3S/c1-5-29(26,27)15-14-23-22(24-16-19-9-7-6-8-18(19)4)25-20-10-12-21(13-11-20)28-17(2)3/h6-13,17H,5,14-16H2,1-4H3,(H2,23,24,25). The lowest BCUT2D eigenvalue weighted by atomic mass is 10.1. The highest BCUT2D eigenvalue weighted by molar-refractivity contribution is 7.91. The van der Waals surface area contributed by atoms with Crippen LogP contribution in [0.5, 0.6) is 5.75 Å². The Balaban J connectivity index is 2.10. The third-order valence-corrected chi connectivity index (χ3v) is 6.01. The third kappa shape index (κ3) is 8.15. The zero-order chi connectivity index (χ0) is 21.3. The van der Waals surface area contributed by atoms with E-state index in [-0.39, 0.29) is 17.6 Å². The summed E-state index contributed by atoms with van der Waals surface area (Å²) < 4.78 is 29.2. The molecule has 6 nitrogen and oxygen atoms in total. The number of nitrogens with zero attached hydrogens (tertiary/aromatic N) is 1. The SMILES string of the molecule is CCS(=O)(=O)CCNC(=NCc1ccccc1C)Nc1ccc(OC(C)C)cc1. The molecule has 0 fully saturated rings. The molecule has 0 saturated carbocycles. The largest absolute Gasteiger partial charge is 0.491 e. The average molecular weight is 418 g/mol. The average Bonchev–Trinajstić information content (AvgIpc) is 2.68. The summed E-state index contributed by atoms with van der Waals surface area (Å²) in [6.45, 7) is 8.46. The molecule has 0 aliphatic carbocycles. The van der Waals surface area contributed by atoms with Gasteiger partial charge in [0.2, 0.25) is 0 Å². The summed E-state index contributed by atoms with van der Waals surface area (Å²) in [4.78, 5) is 4.63. The van der Waals surface area contributed by atoms with Gasteiger partial charge in [-0.25, -0.2) is 13.4 Å². The minimum absolute atomic E-state index is 0.0652. The predicted molar refractivity (Wildman–Crippen MR) is 120 cm³/mol. The first-order chi connectivity index (χ1) is 13.8. The Bertz CT molecular complexity index is 907. The monoisotopic (exact) mass is 417 g/mol. The van der Waals surface area contributed by atoms with Crippen molar-refractivity contribution in [1.82, 2.24) is 5.32 Å². The molecule has 0 spiro atoms. The second-order valence-corrected chi connectivity index (χ2v) is 9.54. The second kappa shape index (κ2) is 10.9. The fourth-order valence-corrected chi connectivity index (χ4v) is 3.29. The zero-order valence-corrected chi connectivity index (χ0v) is 18.4. The van der Waals surface area contributed by atoms with Crippen molar-refractivity contribution in [3.63, 3.8) is 0 Å². The molecule has 0 saturated heterocycles. The first kappa shape index (κ1) is 22.7. The molecule has 0 bridgehead atoms. The van der Waals surface area contributed by atoms with Crippen LogP contribution in [0.4, 0.5) is 5.69 Å². The lowest BCUT2D eigenvalue weighted by Crippen LogP contribution is -2.34. The molecule has 2 aromatic carbocycles. The van der Waals surface area contributed by atoms with Crippen molar-refractivity contribution in [2.75, 3.05) is 23.4 Å². The number of hydrogen-bond donors (Lipinski definition) is 2. The van der Waals surface area contributed by atoms with Crippen molar-refractivity contribution in [2.45, 2.75) is 40.3 Å². The molecule has 0 radical (unpaired) electrons. The molecule has 0 unspecified atom stereocenters. The van der Waals surface area contributed by atoms with E-state index >= 15 is 0 Å². The van der Waals surface area contributed by atoms with E-state index in [4.69, 9.17) is 4.74 Å². The topological polar surface area (TPSA) is 79.8 Å². The van der Waals surface area contributed by atoms with Gasteiger partial charge in [0.1, 0.15) is 5.75 Å². The van der Waals surface area contributed by atoms with Crippen LogP contribution in [0.15, 0.2) is 53.5 Å². The van der Waals surface area contributed by atoms with Gasteiger partial charge in [-0.05, 0) is 56.2 Å². The summed E-state index contributed by atoms with van der Waals surface area (Å²) in [5.41, 5.74) is 3.13. The van der Waals surface area contributed by atoms with Crippen LogP contribution < -0.4 is 15.4 Å². The lowest BCUT2D eigenvalue weighted by Gasteiger charge is -2.14. The first-order valence-corrected chi connectivity index (χ1v) is 11.7. The number of ether oxygens (including phenoxy) is 1. The maximum Gasteiger partial charge on any atom is 0.196 e. The molecular weight excluding hydrogens is 386 g/mol. The fraction of sp³-hybridized carbons (Fsp3) is 0.409. The van der Waals surface area contributed by atoms with E-state index in [0.29, 0.717) is 19.0 Å². The summed E-state index contributed by atoms with van der Waals surface area (Å²) >= 11 is 0. The molecular formula is C22H31N3O3S. The summed E-state index contributed by atoms with van der Waals surface area (Å²) in [6.07, 6.45) is 0.113. The Morgan fingerprint density at radius 2 is 1.79 bits per heavy atom. The van der Waals surface area contributed by atoms with Crippen molar-refractivity contribution < 1.29 is 13.2 Å². The van der Waals surface area contributed by atoms with Crippen LogP contribution in [0, 0.1) is 6.92 Å². The molecule has 0 aliphatic heterocycles. The van der Waals surface area contributed by atoms with Crippen molar-refractivity contribution in [3.05, 3.63) is 59.7 Å². The Labute approximate surface area is 174 Å². The minimum atomic E-state index is -3.04. The molecule has 0 amide bonds. The van der Waals surface area contributed by atoms with Gasteiger partial charge in [0.15, 0.2) is 15.8 Å². The Kier molecular flexibility index (Phi) is 8.51. The van der Waals surface area contributed by atoms with Gasteiger partial charge in [-0.1, -0.05) is 31.2 Å². The molecule has 29 heavy (non-hydrogen) atoms. The lowest BCUT2D eigenvalue weighted by molar-refractivity contribution is 0.242. The highest BCUT2D eigenvalue weighted by Gasteiger charge is 2.08. The van der Waals surface area contributed by atoms with Gasteiger partial charge in [-0.3, -0.25) is 0 Å². The number of sulfone groups is 1. The quantitative estimate of drug-likeness (QED) is 0.479. The summed E-state index contributed by atoms with van der Waals surface area (Å²) in [5, 5.41) is 6.37. The first-order valence-electron chi connectivity index (χ1n) is 9.86. The molecule has 0 aromatic heterocycles.